The normalized spacial score (nSPS) is 10.8. The van der Waals surface area contributed by atoms with Crippen LogP contribution in [0.25, 0.3) is 22.2 Å². The van der Waals surface area contributed by atoms with Crippen molar-refractivity contribution in [2.45, 2.75) is 13.8 Å². The molecule has 2 aromatic heterocycles. The highest BCUT2D eigenvalue weighted by atomic mass is 16.1. The van der Waals surface area contributed by atoms with E-state index in [1.165, 1.54) is 6.33 Å². The Kier molecular flexibility index (Phi) is 2.63. The molecule has 0 saturated heterocycles. The topological polar surface area (TPSA) is 58.6 Å². The van der Waals surface area contributed by atoms with E-state index in [0.29, 0.717) is 11.3 Å². The number of rotatable bonds is 1. The maximum Gasteiger partial charge on any atom is 0.254 e. The third-order valence-electron chi connectivity index (χ3n) is 3.19. The van der Waals surface area contributed by atoms with Crippen LogP contribution in [-0.2, 0) is 0 Å². The number of aromatic amines is 1. The van der Waals surface area contributed by atoms with Crippen LogP contribution in [0.3, 0.4) is 0 Å². The lowest BCUT2D eigenvalue weighted by Gasteiger charge is -2.05. The molecule has 0 amide bonds. The number of fused-ring (bicyclic) bond motifs is 1. The summed E-state index contributed by atoms with van der Waals surface area (Å²) in [5.74, 6) is 0. The van der Waals surface area contributed by atoms with Crippen LogP contribution in [0.2, 0.25) is 0 Å². The van der Waals surface area contributed by atoms with E-state index in [1.807, 2.05) is 37.3 Å². The number of nitrogens with one attached hydrogen (secondary N) is 1. The summed E-state index contributed by atoms with van der Waals surface area (Å²) in [6, 6.07) is 9.92. The van der Waals surface area contributed by atoms with Crippen molar-refractivity contribution in [2.75, 3.05) is 0 Å². The van der Waals surface area contributed by atoms with Gasteiger partial charge in [0.05, 0.1) is 17.5 Å². The molecule has 0 aliphatic heterocycles. The van der Waals surface area contributed by atoms with Crippen molar-refractivity contribution in [2.24, 2.45) is 0 Å². The first kappa shape index (κ1) is 11.6. The van der Waals surface area contributed by atoms with Crippen LogP contribution < -0.4 is 5.56 Å². The number of hydrogen-bond donors (Lipinski definition) is 1. The Labute approximate surface area is 110 Å². The molecule has 1 N–H and O–H groups in total. The lowest BCUT2D eigenvalue weighted by atomic mass is 10.0. The van der Waals surface area contributed by atoms with Gasteiger partial charge >= 0.3 is 0 Å². The Morgan fingerprint density at radius 2 is 1.95 bits per heavy atom. The van der Waals surface area contributed by atoms with Gasteiger partial charge in [-0.2, -0.15) is 0 Å². The van der Waals surface area contributed by atoms with Crippen molar-refractivity contribution in [3.63, 3.8) is 0 Å². The van der Waals surface area contributed by atoms with Gasteiger partial charge in [-0.15, -0.1) is 0 Å². The van der Waals surface area contributed by atoms with Gasteiger partial charge in [0.2, 0.25) is 0 Å². The van der Waals surface area contributed by atoms with Crippen LogP contribution in [0, 0.1) is 13.8 Å². The van der Waals surface area contributed by atoms with Gasteiger partial charge < -0.3 is 4.98 Å². The lowest BCUT2D eigenvalue weighted by Crippen LogP contribution is -2.11. The van der Waals surface area contributed by atoms with Crippen molar-refractivity contribution in [1.29, 1.82) is 0 Å². The largest absolute Gasteiger partial charge is 0.313 e. The molecule has 0 unspecified atom stereocenters. The van der Waals surface area contributed by atoms with Crippen molar-refractivity contribution in [3.05, 3.63) is 58.3 Å². The van der Waals surface area contributed by atoms with Crippen LogP contribution in [0.4, 0.5) is 0 Å². The number of benzene rings is 1. The molecule has 0 radical (unpaired) electrons. The van der Waals surface area contributed by atoms with Gasteiger partial charge in [0, 0.05) is 22.2 Å². The van der Waals surface area contributed by atoms with Gasteiger partial charge in [-0.1, -0.05) is 12.1 Å². The molecule has 0 aliphatic carbocycles. The fraction of sp³-hybridized carbons (Fsp3) is 0.133. The zero-order chi connectivity index (χ0) is 13.4. The van der Waals surface area contributed by atoms with Gasteiger partial charge in [-0.3, -0.25) is 9.78 Å². The molecule has 4 nitrogen and oxygen atoms in total. The Bertz CT molecular complexity index is 821. The summed E-state index contributed by atoms with van der Waals surface area (Å²) in [4.78, 5) is 22.9. The molecular formula is C15H13N3O. The second kappa shape index (κ2) is 4.31. The number of nitrogens with zero attached hydrogens (tertiary/aromatic N) is 2. The number of hydrogen-bond acceptors (Lipinski definition) is 3. The second-order valence-electron chi connectivity index (χ2n) is 4.57. The SMILES string of the molecule is Cc1ccc2cc(-c3nc[nH]c(=O)c3C)ccc2n1. The second-order valence-corrected chi connectivity index (χ2v) is 4.57. The lowest BCUT2D eigenvalue weighted by molar-refractivity contribution is 1.08. The van der Waals surface area contributed by atoms with E-state index in [9.17, 15) is 4.79 Å². The fourth-order valence-electron chi connectivity index (χ4n) is 2.13. The van der Waals surface area contributed by atoms with Gasteiger partial charge in [0.15, 0.2) is 0 Å². The van der Waals surface area contributed by atoms with Crippen molar-refractivity contribution < 1.29 is 0 Å². The number of aromatic nitrogens is 3. The van der Waals surface area contributed by atoms with Crippen LogP contribution in [0.15, 0.2) is 41.5 Å². The molecule has 0 aliphatic rings. The first-order valence-corrected chi connectivity index (χ1v) is 6.07. The number of aryl methyl sites for hydroxylation is 1. The first-order chi connectivity index (χ1) is 9.15. The van der Waals surface area contributed by atoms with Crippen molar-refractivity contribution in [1.82, 2.24) is 15.0 Å². The highest BCUT2D eigenvalue weighted by Crippen LogP contribution is 2.23. The minimum absolute atomic E-state index is 0.105. The Morgan fingerprint density at radius 1 is 1.11 bits per heavy atom. The number of H-pyrrole nitrogens is 1. The van der Waals surface area contributed by atoms with Gasteiger partial charge in [-0.25, -0.2) is 4.98 Å². The summed E-state index contributed by atoms with van der Waals surface area (Å²) in [6.45, 7) is 3.74. The van der Waals surface area contributed by atoms with E-state index >= 15 is 0 Å². The van der Waals surface area contributed by atoms with Crippen molar-refractivity contribution >= 4 is 10.9 Å². The van der Waals surface area contributed by atoms with Crippen LogP contribution >= 0.6 is 0 Å². The van der Waals surface area contributed by atoms with E-state index in [4.69, 9.17) is 0 Å². The Morgan fingerprint density at radius 3 is 2.79 bits per heavy atom. The summed E-state index contributed by atoms with van der Waals surface area (Å²) >= 11 is 0. The monoisotopic (exact) mass is 251 g/mol. The summed E-state index contributed by atoms with van der Waals surface area (Å²) in [6.07, 6.45) is 1.43. The highest BCUT2D eigenvalue weighted by Gasteiger charge is 2.07. The van der Waals surface area contributed by atoms with E-state index in [-0.39, 0.29) is 5.56 Å². The van der Waals surface area contributed by atoms with E-state index in [1.54, 1.807) is 6.92 Å². The highest BCUT2D eigenvalue weighted by molar-refractivity contribution is 5.84. The smallest absolute Gasteiger partial charge is 0.254 e. The molecule has 3 aromatic rings. The van der Waals surface area contributed by atoms with Crippen LogP contribution in [-0.4, -0.2) is 15.0 Å². The quantitative estimate of drug-likeness (QED) is 0.723. The molecule has 0 bridgehead atoms. The van der Waals surface area contributed by atoms with Gasteiger partial charge in [-0.05, 0) is 32.0 Å². The maximum atomic E-state index is 11.6. The molecule has 94 valence electrons. The molecule has 0 atom stereocenters. The molecule has 1 aromatic carbocycles. The molecule has 0 saturated carbocycles. The fourth-order valence-corrected chi connectivity index (χ4v) is 2.13. The Balaban J connectivity index is 2.23. The first-order valence-electron chi connectivity index (χ1n) is 6.07. The minimum atomic E-state index is -0.105. The van der Waals surface area contributed by atoms with E-state index in [2.05, 4.69) is 15.0 Å². The predicted molar refractivity (Wildman–Crippen MR) is 75.1 cm³/mol. The number of pyridine rings is 1. The molecule has 4 heteroatoms. The van der Waals surface area contributed by atoms with Gasteiger partial charge in [0.25, 0.3) is 5.56 Å². The zero-order valence-corrected chi connectivity index (χ0v) is 10.8. The van der Waals surface area contributed by atoms with Crippen LogP contribution in [0.5, 0.6) is 0 Å². The standard InChI is InChI=1S/C15H13N3O/c1-9-3-4-11-7-12(5-6-13(11)18-9)14-10(2)15(19)17-8-16-14/h3-8H,1-2H3,(H,16,17,19). The van der Waals surface area contributed by atoms with Crippen molar-refractivity contribution in [3.8, 4) is 11.3 Å². The maximum absolute atomic E-state index is 11.6. The Hall–Kier alpha value is -2.49. The van der Waals surface area contributed by atoms with Crippen LogP contribution in [0.1, 0.15) is 11.3 Å². The molecule has 0 spiro atoms. The third-order valence-corrected chi connectivity index (χ3v) is 3.19. The molecule has 2 heterocycles. The van der Waals surface area contributed by atoms with E-state index < -0.39 is 0 Å². The summed E-state index contributed by atoms with van der Waals surface area (Å²) in [7, 11) is 0. The summed E-state index contributed by atoms with van der Waals surface area (Å²) < 4.78 is 0. The van der Waals surface area contributed by atoms with E-state index in [0.717, 1.165) is 22.2 Å². The average molecular weight is 251 g/mol. The molecular weight excluding hydrogens is 238 g/mol. The zero-order valence-electron chi connectivity index (χ0n) is 10.8. The molecule has 19 heavy (non-hydrogen) atoms. The molecule has 0 fully saturated rings. The third kappa shape index (κ3) is 2.01. The van der Waals surface area contributed by atoms with Gasteiger partial charge in [0.1, 0.15) is 0 Å². The predicted octanol–water partition coefficient (Wildman–Crippen LogP) is 2.60. The molecule has 3 rings (SSSR count). The minimum Gasteiger partial charge on any atom is -0.313 e. The summed E-state index contributed by atoms with van der Waals surface area (Å²) in [5, 5.41) is 1.05. The average Bonchev–Trinajstić information content (AvgIpc) is 2.41. The summed E-state index contributed by atoms with van der Waals surface area (Å²) in [5.41, 5.74) is 4.11.